The van der Waals surface area contributed by atoms with Gasteiger partial charge in [-0.1, -0.05) is 24.3 Å². The molecule has 0 aliphatic heterocycles. The highest BCUT2D eigenvalue weighted by Gasteiger charge is 2.33. The molecule has 20 heavy (non-hydrogen) atoms. The summed E-state index contributed by atoms with van der Waals surface area (Å²) in [4.78, 5) is 0. The Kier molecular flexibility index (Phi) is 3.88. The summed E-state index contributed by atoms with van der Waals surface area (Å²) in [5, 5.41) is 9.55. The summed E-state index contributed by atoms with van der Waals surface area (Å²) in [7, 11) is 0. The normalized spacial score (nSPS) is 11.4. The molecule has 106 valence electrons. The predicted molar refractivity (Wildman–Crippen MR) is 68.6 cm³/mol. The first kappa shape index (κ1) is 14.2. The Morgan fingerprint density at radius 2 is 1.80 bits per heavy atom. The third-order valence-electron chi connectivity index (χ3n) is 2.86. The van der Waals surface area contributed by atoms with E-state index in [1.54, 1.807) is 19.1 Å². The molecule has 0 atom stereocenters. The summed E-state index contributed by atoms with van der Waals surface area (Å²) in [5.41, 5.74) is 0.492. The van der Waals surface area contributed by atoms with Crippen molar-refractivity contribution in [1.29, 1.82) is 0 Å². The second-order valence-electron chi connectivity index (χ2n) is 4.40. The second kappa shape index (κ2) is 5.45. The molecule has 2 aromatic carbocycles. The maximum absolute atomic E-state index is 12.8. The number of halogens is 3. The van der Waals surface area contributed by atoms with Crippen molar-refractivity contribution in [2.75, 3.05) is 0 Å². The molecular formula is C15H13F3O2. The van der Waals surface area contributed by atoms with Crippen LogP contribution in [0, 0.1) is 6.92 Å². The fourth-order valence-electron chi connectivity index (χ4n) is 1.73. The van der Waals surface area contributed by atoms with E-state index in [1.165, 1.54) is 24.3 Å². The van der Waals surface area contributed by atoms with Gasteiger partial charge in [0, 0.05) is 0 Å². The van der Waals surface area contributed by atoms with Gasteiger partial charge in [-0.2, -0.15) is 13.2 Å². The van der Waals surface area contributed by atoms with Crippen LogP contribution in [0.2, 0.25) is 0 Å². The number of para-hydroxylation sites is 1. The predicted octanol–water partition coefficient (Wildman–Crippen LogP) is 4.30. The largest absolute Gasteiger partial charge is 0.508 e. The Morgan fingerprint density at radius 3 is 2.45 bits per heavy atom. The van der Waals surface area contributed by atoms with E-state index >= 15 is 0 Å². The lowest BCUT2D eigenvalue weighted by Gasteiger charge is -2.14. The van der Waals surface area contributed by atoms with Gasteiger partial charge >= 0.3 is 6.18 Å². The Labute approximate surface area is 114 Å². The molecule has 0 radical (unpaired) electrons. The highest BCUT2D eigenvalue weighted by molar-refractivity contribution is 5.37. The van der Waals surface area contributed by atoms with Crippen molar-refractivity contribution in [3.63, 3.8) is 0 Å². The Morgan fingerprint density at radius 1 is 1.10 bits per heavy atom. The summed E-state index contributed by atoms with van der Waals surface area (Å²) < 4.78 is 43.5. The molecule has 0 amide bonds. The number of rotatable bonds is 3. The molecule has 5 heteroatoms. The van der Waals surface area contributed by atoms with Crippen LogP contribution in [0.15, 0.2) is 42.5 Å². The molecule has 0 fully saturated rings. The van der Waals surface area contributed by atoms with E-state index in [2.05, 4.69) is 0 Å². The van der Waals surface area contributed by atoms with Crippen LogP contribution in [0.5, 0.6) is 11.5 Å². The SMILES string of the molecule is Cc1ccc(COc2ccccc2C(F)(F)F)cc1O. The number of hydrogen-bond donors (Lipinski definition) is 1. The Hall–Kier alpha value is -2.17. The van der Waals surface area contributed by atoms with Gasteiger partial charge in [-0.25, -0.2) is 0 Å². The lowest BCUT2D eigenvalue weighted by molar-refractivity contribution is -0.139. The molecule has 2 rings (SSSR count). The number of aromatic hydroxyl groups is 1. The minimum absolute atomic E-state index is 0.0407. The van der Waals surface area contributed by atoms with Crippen LogP contribution in [0.4, 0.5) is 13.2 Å². The third kappa shape index (κ3) is 3.23. The van der Waals surface area contributed by atoms with Crippen molar-refractivity contribution in [2.45, 2.75) is 19.7 Å². The maximum Gasteiger partial charge on any atom is 0.419 e. The maximum atomic E-state index is 12.8. The van der Waals surface area contributed by atoms with Gasteiger partial charge in [-0.15, -0.1) is 0 Å². The monoisotopic (exact) mass is 282 g/mol. The zero-order valence-corrected chi connectivity index (χ0v) is 10.7. The van der Waals surface area contributed by atoms with Crippen LogP contribution in [0.1, 0.15) is 16.7 Å². The van der Waals surface area contributed by atoms with E-state index in [0.29, 0.717) is 11.1 Å². The van der Waals surface area contributed by atoms with Gasteiger partial charge in [-0.05, 0) is 36.2 Å². The number of ether oxygens (including phenoxy) is 1. The molecule has 2 aromatic rings. The van der Waals surface area contributed by atoms with Crippen molar-refractivity contribution in [3.05, 3.63) is 59.2 Å². The smallest absolute Gasteiger partial charge is 0.419 e. The van der Waals surface area contributed by atoms with E-state index in [9.17, 15) is 18.3 Å². The van der Waals surface area contributed by atoms with Crippen LogP contribution in [-0.4, -0.2) is 5.11 Å². The molecule has 0 aromatic heterocycles. The molecule has 0 saturated heterocycles. The summed E-state index contributed by atoms with van der Waals surface area (Å²) in [6.45, 7) is 1.69. The Bertz CT molecular complexity index is 606. The molecule has 1 N–H and O–H groups in total. The van der Waals surface area contributed by atoms with Crippen LogP contribution >= 0.6 is 0 Å². The average molecular weight is 282 g/mol. The summed E-state index contributed by atoms with van der Waals surface area (Å²) >= 11 is 0. The van der Waals surface area contributed by atoms with Gasteiger partial charge in [0.05, 0.1) is 5.56 Å². The first-order chi connectivity index (χ1) is 9.38. The first-order valence-electron chi connectivity index (χ1n) is 5.95. The Balaban J connectivity index is 2.17. The molecule has 0 saturated carbocycles. The topological polar surface area (TPSA) is 29.5 Å². The minimum atomic E-state index is -4.45. The van der Waals surface area contributed by atoms with Crippen LogP contribution < -0.4 is 4.74 Å². The van der Waals surface area contributed by atoms with E-state index < -0.39 is 11.7 Å². The molecule has 0 aliphatic rings. The fraction of sp³-hybridized carbons (Fsp3) is 0.200. The average Bonchev–Trinajstić information content (AvgIpc) is 2.39. The van der Waals surface area contributed by atoms with Gasteiger partial charge in [0.25, 0.3) is 0 Å². The first-order valence-corrected chi connectivity index (χ1v) is 5.95. The molecular weight excluding hydrogens is 269 g/mol. The van der Waals surface area contributed by atoms with E-state index in [4.69, 9.17) is 4.74 Å². The number of phenolic OH excluding ortho intramolecular Hbond substituents is 1. The number of phenols is 1. The molecule has 2 nitrogen and oxygen atoms in total. The van der Waals surface area contributed by atoms with Crippen molar-refractivity contribution >= 4 is 0 Å². The van der Waals surface area contributed by atoms with Gasteiger partial charge in [0.1, 0.15) is 18.1 Å². The molecule has 0 spiro atoms. The van der Waals surface area contributed by atoms with Crippen LogP contribution in [-0.2, 0) is 12.8 Å². The van der Waals surface area contributed by atoms with Crippen molar-refractivity contribution < 1.29 is 23.0 Å². The number of hydrogen-bond acceptors (Lipinski definition) is 2. The van der Waals surface area contributed by atoms with Crippen molar-refractivity contribution in [2.24, 2.45) is 0 Å². The zero-order valence-electron chi connectivity index (χ0n) is 10.7. The van der Waals surface area contributed by atoms with Gasteiger partial charge in [0.15, 0.2) is 0 Å². The molecule has 0 aliphatic carbocycles. The van der Waals surface area contributed by atoms with Gasteiger partial charge in [-0.3, -0.25) is 0 Å². The van der Waals surface area contributed by atoms with Gasteiger partial charge < -0.3 is 9.84 Å². The fourth-order valence-corrected chi connectivity index (χ4v) is 1.73. The summed E-state index contributed by atoms with van der Waals surface area (Å²) in [5.74, 6) is -0.129. The molecule has 0 heterocycles. The summed E-state index contributed by atoms with van der Waals surface area (Å²) in [6.07, 6.45) is -4.45. The lowest BCUT2D eigenvalue weighted by Crippen LogP contribution is -2.08. The van der Waals surface area contributed by atoms with E-state index in [-0.39, 0.29) is 18.1 Å². The number of aryl methyl sites for hydroxylation is 1. The highest BCUT2D eigenvalue weighted by Crippen LogP contribution is 2.36. The van der Waals surface area contributed by atoms with Crippen LogP contribution in [0.3, 0.4) is 0 Å². The molecule has 0 bridgehead atoms. The molecule has 0 unspecified atom stereocenters. The van der Waals surface area contributed by atoms with Crippen LogP contribution in [0.25, 0.3) is 0 Å². The standard InChI is InChI=1S/C15H13F3O2/c1-10-6-7-11(8-13(10)19)9-20-14-5-3-2-4-12(14)15(16,17)18/h2-8,19H,9H2,1H3. The second-order valence-corrected chi connectivity index (χ2v) is 4.40. The zero-order chi connectivity index (χ0) is 14.8. The van der Waals surface area contributed by atoms with Gasteiger partial charge in [0.2, 0.25) is 0 Å². The van der Waals surface area contributed by atoms with Crippen molar-refractivity contribution in [1.82, 2.24) is 0 Å². The van der Waals surface area contributed by atoms with E-state index in [0.717, 1.165) is 6.07 Å². The number of benzene rings is 2. The third-order valence-corrected chi connectivity index (χ3v) is 2.86. The highest BCUT2D eigenvalue weighted by atomic mass is 19.4. The van der Waals surface area contributed by atoms with Crippen molar-refractivity contribution in [3.8, 4) is 11.5 Å². The quantitative estimate of drug-likeness (QED) is 0.909. The summed E-state index contributed by atoms with van der Waals surface area (Å²) in [6, 6.07) is 9.91. The van der Waals surface area contributed by atoms with E-state index in [1.807, 2.05) is 0 Å². The lowest BCUT2D eigenvalue weighted by atomic mass is 10.1. The number of alkyl halides is 3. The minimum Gasteiger partial charge on any atom is -0.508 e.